The van der Waals surface area contributed by atoms with E-state index >= 15 is 0 Å². The van der Waals surface area contributed by atoms with Gasteiger partial charge in [-0.05, 0) is 76.0 Å². The van der Waals surface area contributed by atoms with Crippen LogP contribution < -0.4 is 0 Å². The van der Waals surface area contributed by atoms with Gasteiger partial charge in [-0.2, -0.15) is 0 Å². The Kier molecular flexibility index (Phi) is 6.73. The largest absolute Gasteiger partial charge is 0.462 e. The van der Waals surface area contributed by atoms with Crippen LogP contribution in [0.25, 0.3) is 0 Å². The lowest BCUT2D eigenvalue weighted by Gasteiger charge is -2.65. The Bertz CT molecular complexity index is 1710. The first kappa shape index (κ1) is 35.1. The number of fused-ring (bicyclic) bond motifs is 8. The number of rotatable bonds is 6. The lowest BCUT2D eigenvalue weighted by Crippen LogP contribution is -2.71. The zero-order valence-corrected chi connectivity index (χ0v) is 31.4. The number of ether oxygens (including phenoxy) is 6. The van der Waals surface area contributed by atoms with E-state index in [0.717, 1.165) is 0 Å². The van der Waals surface area contributed by atoms with Crippen LogP contribution in [0.1, 0.15) is 94.4 Å². The van der Waals surface area contributed by atoms with E-state index in [4.69, 9.17) is 28.4 Å². The lowest BCUT2D eigenvalue weighted by atomic mass is 9.39. The van der Waals surface area contributed by atoms with E-state index in [1.54, 1.807) is 6.92 Å². The molecule has 0 amide bonds. The van der Waals surface area contributed by atoms with Gasteiger partial charge in [-0.3, -0.25) is 19.2 Å². The number of esters is 4. The first-order chi connectivity index (χ1) is 24.1. The number of ketones is 1. The summed E-state index contributed by atoms with van der Waals surface area (Å²) in [5, 5.41) is 25.8. The molecule has 6 saturated carbocycles. The Morgan fingerprint density at radius 2 is 1.65 bits per heavy atom. The number of aliphatic hydroxyl groups excluding tert-OH is 1. The van der Waals surface area contributed by atoms with Crippen LogP contribution in [0.5, 0.6) is 0 Å². The maximum atomic E-state index is 14.3. The van der Waals surface area contributed by atoms with E-state index in [2.05, 4.69) is 0 Å². The van der Waals surface area contributed by atoms with E-state index in [1.165, 1.54) is 20.8 Å². The quantitative estimate of drug-likeness (QED) is 0.231. The number of Topliss-reactive ketones (excluding diaryl/α,β-unsaturated/α-hetero) is 1. The van der Waals surface area contributed by atoms with Crippen molar-refractivity contribution in [2.24, 2.45) is 63.1 Å². The smallest absolute Gasteiger partial charge is 0.353 e. The first-order valence-corrected chi connectivity index (χ1v) is 19.2. The van der Waals surface area contributed by atoms with Crippen LogP contribution in [0.2, 0.25) is 0 Å². The molecule has 0 aromatic rings. The molecule has 286 valence electrons. The standard InChI is InChI=1S/C39H52O13/c1-15(2)10-25(43)50-35(9)32(45)52-39-31(51-39)16(3)26-29(34(35,39)8)37(46)14-36(37)27-21(13-24(33(26,36)7)48-19(6)42)38(17(4)40)20(11-22(27)47-18(5)41)12-23-28(49-23)30(38)44/h15-16,20-24,26-31,44,46H,10-14H2,1-9H3/t16-,20-,21?,22-,23-,24-,26-,27?,28-,29+,30-,31+,33+,34-,35+,36-,37-,38-,39-/m0/s1. The lowest BCUT2D eigenvalue weighted by molar-refractivity contribution is -0.250. The Morgan fingerprint density at radius 1 is 0.981 bits per heavy atom. The van der Waals surface area contributed by atoms with Crippen LogP contribution in [0, 0.1) is 63.1 Å². The Balaban J connectivity index is 1.27. The van der Waals surface area contributed by atoms with Gasteiger partial charge in [0.25, 0.3) is 5.79 Å². The molecule has 2 unspecified atom stereocenters. The molecule has 52 heavy (non-hydrogen) atoms. The Labute approximate surface area is 303 Å². The van der Waals surface area contributed by atoms with Gasteiger partial charge in [0.2, 0.25) is 5.60 Å². The predicted octanol–water partition coefficient (Wildman–Crippen LogP) is 2.64. The fraction of sp³-hybridized carbons (Fsp3) is 0.872. The van der Waals surface area contributed by atoms with Crippen LogP contribution in [0.3, 0.4) is 0 Å². The number of aliphatic hydroxyl groups is 2. The molecule has 13 nitrogen and oxygen atoms in total. The summed E-state index contributed by atoms with van der Waals surface area (Å²) in [6.45, 7) is 15.4. The molecule has 0 bridgehead atoms. The van der Waals surface area contributed by atoms with Crippen LogP contribution in [-0.2, 0) is 52.4 Å². The highest BCUT2D eigenvalue weighted by molar-refractivity contribution is 5.88. The molecule has 2 N–H and O–H groups in total. The van der Waals surface area contributed by atoms with Gasteiger partial charge >= 0.3 is 23.9 Å². The summed E-state index contributed by atoms with van der Waals surface area (Å²) in [5.41, 5.74) is -8.26. The van der Waals surface area contributed by atoms with Gasteiger partial charge in [-0.1, -0.05) is 27.7 Å². The molecule has 6 aliphatic carbocycles. The minimum absolute atomic E-state index is 0.0432. The van der Waals surface area contributed by atoms with Crippen molar-refractivity contribution in [2.75, 3.05) is 0 Å². The molecule has 9 rings (SSSR count). The van der Waals surface area contributed by atoms with Crippen molar-refractivity contribution in [1.82, 2.24) is 0 Å². The fourth-order valence-corrected chi connectivity index (χ4v) is 15.1. The maximum absolute atomic E-state index is 14.3. The molecule has 0 aromatic carbocycles. The summed E-state index contributed by atoms with van der Waals surface area (Å²) >= 11 is 0. The number of carbonyl (C=O) groups excluding carboxylic acids is 5. The molecule has 0 radical (unpaired) electrons. The van der Waals surface area contributed by atoms with Crippen molar-refractivity contribution in [3.63, 3.8) is 0 Å². The van der Waals surface area contributed by atoms with Crippen LogP contribution >= 0.6 is 0 Å². The highest BCUT2D eigenvalue weighted by Crippen LogP contribution is 2.93. The Morgan fingerprint density at radius 3 is 2.27 bits per heavy atom. The summed E-state index contributed by atoms with van der Waals surface area (Å²) in [4.78, 5) is 67.8. The summed E-state index contributed by atoms with van der Waals surface area (Å²) < 4.78 is 37.3. The minimum atomic E-state index is -1.85. The average Bonchev–Trinajstić information content (AvgIpc) is 3.95. The second-order valence-electron chi connectivity index (χ2n) is 19.0. The van der Waals surface area contributed by atoms with Gasteiger partial charge in [0.05, 0.1) is 28.6 Å². The molecule has 13 heteroatoms. The molecular weight excluding hydrogens is 676 g/mol. The van der Waals surface area contributed by atoms with Crippen LogP contribution in [0.4, 0.5) is 0 Å². The second kappa shape index (κ2) is 9.97. The summed E-state index contributed by atoms with van der Waals surface area (Å²) in [5.74, 6) is -7.28. The molecule has 9 aliphatic rings. The summed E-state index contributed by atoms with van der Waals surface area (Å²) in [6, 6.07) is 0. The third kappa shape index (κ3) is 3.51. The van der Waals surface area contributed by atoms with E-state index in [-0.39, 0.29) is 48.9 Å². The van der Waals surface area contributed by atoms with Crippen molar-refractivity contribution in [2.45, 2.75) is 148 Å². The number of hydrogen-bond acceptors (Lipinski definition) is 13. The monoisotopic (exact) mass is 728 g/mol. The molecule has 19 atom stereocenters. The van der Waals surface area contributed by atoms with Gasteiger partial charge in [0.15, 0.2) is 0 Å². The fourth-order valence-electron chi connectivity index (χ4n) is 15.1. The third-order valence-corrected chi connectivity index (χ3v) is 16.8. The molecule has 0 aromatic heterocycles. The van der Waals surface area contributed by atoms with Gasteiger partial charge in [0, 0.05) is 42.9 Å². The maximum Gasteiger partial charge on any atom is 0.353 e. The average molecular weight is 729 g/mol. The predicted molar refractivity (Wildman–Crippen MR) is 175 cm³/mol. The number of carbonyl (C=O) groups is 5. The Hall–Kier alpha value is -2.61. The van der Waals surface area contributed by atoms with Gasteiger partial charge in [0.1, 0.15) is 30.2 Å². The molecule has 9 fully saturated rings. The van der Waals surface area contributed by atoms with E-state index in [0.29, 0.717) is 12.8 Å². The number of hydrogen-bond donors (Lipinski definition) is 2. The van der Waals surface area contributed by atoms with Crippen molar-refractivity contribution < 1.29 is 62.6 Å². The SMILES string of the molecule is CC(=O)O[C@H]1C[C@H]2C[C@@H]3O[C@@H]3[C@H](O)[C@]2(C(C)=O)C2C[C@H](OC(C)=O)[C@]3(C)[C@H]4[C@H](C)[C@H]5O[C@]56OC(=O)[C@@](C)(OC(=O)CC(C)C)[C@]6(C)[C@@H]4[C@@]4(O)C[C@]34C21. The summed E-state index contributed by atoms with van der Waals surface area (Å²) in [6.07, 6.45) is -2.78. The first-order valence-electron chi connectivity index (χ1n) is 19.2. The van der Waals surface area contributed by atoms with Crippen molar-refractivity contribution in [3.05, 3.63) is 0 Å². The van der Waals surface area contributed by atoms with E-state index in [9.17, 15) is 34.2 Å². The molecule has 3 aliphatic heterocycles. The van der Waals surface area contributed by atoms with Crippen molar-refractivity contribution in [3.8, 4) is 0 Å². The van der Waals surface area contributed by atoms with Gasteiger partial charge in [-0.15, -0.1) is 0 Å². The summed E-state index contributed by atoms with van der Waals surface area (Å²) in [7, 11) is 0. The van der Waals surface area contributed by atoms with Crippen molar-refractivity contribution in [1.29, 1.82) is 0 Å². The number of epoxide rings is 2. The van der Waals surface area contributed by atoms with E-state index < -0.39 is 117 Å². The topological polar surface area (TPSA) is 188 Å². The highest BCUT2D eigenvalue weighted by Gasteiger charge is 3.02. The van der Waals surface area contributed by atoms with E-state index in [1.807, 2.05) is 34.6 Å². The van der Waals surface area contributed by atoms with Gasteiger partial charge < -0.3 is 38.6 Å². The molecule has 2 spiro atoms. The zero-order valence-electron chi connectivity index (χ0n) is 31.4. The molecule has 3 heterocycles. The molecule has 3 saturated heterocycles. The van der Waals surface area contributed by atoms with Gasteiger partial charge in [-0.25, -0.2) is 4.79 Å². The minimum Gasteiger partial charge on any atom is -0.462 e. The van der Waals surface area contributed by atoms with Crippen LogP contribution in [0.15, 0.2) is 0 Å². The normalized spacial score (nSPS) is 58.0. The molecular formula is C39H52O13. The van der Waals surface area contributed by atoms with Crippen molar-refractivity contribution >= 4 is 29.7 Å². The van der Waals surface area contributed by atoms with Crippen LogP contribution in [-0.4, -0.2) is 93.5 Å². The highest BCUT2D eigenvalue weighted by atomic mass is 16.8. The third-order valence-electron chi connectivity index (χ3n) is 16.8. The zero-order chi connectivity index (χ0) is 37.7. The second-order valence-corrected chi connectivity index (χ2v) is 19.0.